The van der Waals surface area contributed by atoms with Crippen LogP contribution in [-0.4, -0.2) is 22.6 Å². The van der Waals surface area contributed by atoms with E-state index in [4.69, 9.17) is 33.0 Å². The predicted octanol–water partition coefficient (Wildman–Crippen LogP) is 5.97. The van der Waals surface area contributed by atoms with Crippen LogP contribution in [0.1, 0.15) is 65.9 Å². The van der Waals surface area contributed by atoms with Crippen molar-refractivity contribution in [2.75, 3.05) is 0 Å². The smallest absolute Gasteiger partial charge is 0.335 e. The maximum absolute atomic E-state index is 13.2. The van der Waals surface area contributed by atoms with Gasteiger partial charge in [-0.1, -0.05) is 35.3 Å². The molecule has 0 spiro atoms. The molecule has 2 aromatic carbocycles. The molecular weight excluding hydrogens is 489 g/mol. The molecule has 0 atom stereocenters. The molecule has 0 unspecified atom stereocenters. The number of dihydropyridines is 1. The molecule has 3 aliphatic rings. The third-order valence-electron chi connectivity index (χ3n) is 6.72. The van der Waals surface area contributed by atoms with Crippen LogP contribution in [0, 0.1) is 0 Å². The minimum atomic E-state index is -1.01. The quantitative estimate of drug-likeness (QED) is 0.513. The van der Waals surface area contributed by atoms with Crippen molar-refractivity contribution in [3.8, 4) is 5.75 Å². The second-order valence-corrected chi connectivity index (χ2v) is 9.84. The molecule has 1 heterocycles. The molecule has 0 fully saturated rings. The number of aromatic carboxylic acids is 1. The average Bonchev–Trinajstić information content (AvgIpc) is 2.82. The first kappa shape index (κ1) is 23.6. The largest absolute Gasteiger partial charge is 0.487 e. The number of nitrogens with one attached hydrogen (secondary N) is 1. The predicted molar refractivity (Wildman–Crippen MR) is 132 cm³/mol. The molecule has 2 aromatic rings. The number of ketones is 2. The Bertz CT molecular complexity index is 1270. The molecule has 6 nitrogen and oxygen atoms in total. The number of rotatable bonds is 5. The Morgan fingerprint density at radius 3 is 2.11 bits per heavy atom. The van der Waals surface area contributed by atoms with Gasteiger partial charge in [0, 0.05) is 51.9 Å². The fourth-order valence-corrected chi connectivity index (χ4v) is 5.70. The molecule has 35 heavy (non-hydrogen) atoms. The van der Waals surface area contributed by atoms with Crippen LogP contribution in [0.15, 0.2) is 58.9 Å². The zero-order valence-electron chi connectivity index (χ0n) is 18.8. The summed E-state index contributed by atoms with van der Waals surface area (Å²) in [5, 5.41) is 13.2. The van der Waals surface area contributed by atoms with Crippen molar-refractivity contribution < 1.29 is 24.2 Å². The van der Waals surface area contributed by atoms with Gasteiger partial charge in [0.05, 0.1) is 10.6 Å². The molecular formula is C27H23Cl2NO5. The van der Waals surface area contributed by atoms with Crippen LogP contribution in [0.25, 0.3) is 0 Å². The summed E-state index contributed by atoms with van der Waals surface area (Å²) in [5.41, 5.74) is 4.45. The van der Waals surface area contributed by atoms with E-state index in [1.165, 1.54) is 12.1 Å². The van der Waals surface area contributed by atoms with Gasteiger partial charge in [0.15, 0.2) is 11.6 Å². The Hall–Kier alpha value is -3.09. The monoisotopic (exact) mass is 511 g/mol. The SMILES string of the molecule is O=C1CCCC2=C1C(c1cc(Cl)cc(Cl)c1OCc1ccc(C(=O)O)cc1)C1=C(CCCC1=O)N2. The van der Waals surface area contributed by atoms with Gasteiger partial charge in [-0.25, -0.2) is 4.79 Å². The average molecular weight is 512 g/mol. The zero-order chi connectivity index (χ0) is 24.7. The topological polar surface area (TPSA) is 92.7 Å². The molecule has 8 heteroatoms. The van der Waals surface area contributed by atoms with Crippen molar-refractivity contribution in [3.63, 3.8) is 0 Å². The second-order valence-electron chi connectivity index (χ2n) is 8.99. The number of Topliss-reactive ketones (excluding diaryl/α,β-unsaturated/α-hetero) is 2. The standard InChI is InChI=1S/C27H23Cl2NO5/c28-16-11-17(26(18(29)12-16)35-13-14-7-9-15(10-8-14)27(33)34)23-24-19(3-1-5-21(24)31)30-20-4-2-6-22(32)25(20)23/h7-12,23,30H,1-6,13H2,(H,33,34). The number of halogens is 2. The number of carboxylic acids is 1. The number of allylic oxidation sites excluding steroid dienone is 4. The first-order valence-electron chi connectivity index (χ1n) is 11.6. The molecule has 0 saturated carbocycles. The van der Waals surface area contributed by atoms with Crippen LogP contribution >= 0.6 is 23.2 Å². The highest BCUT2D eigenvalue weighted by Crippen LogP contribution is 2.49. The van der Waals surface area contributed by atoms with E-state index in [1.54, 1.807) is 24.3 Å². The summed E-state index contributed by atoms with van der Waals surface area (Å²) in [6.45, 7) is 0.124. The third-order valence-corrected chi connectivity index (χ3v) is 7.22. The van der Waals surface area contributed by atoms with Crippen LogP contribution in [0.3, 0.4) is 0 Å². The Labute approximate surface area is 212 Å². The summed E-state index contributed by atoms with van der Waals surface area (Å²) in [6, 6.07) is 9.67. The Kier molecular flexibility index (Phi) is 6.43. The third kappa shape index (κ3) is 4.48. The van der Waals surface area contributed by atoms with Gasteiger partial charge in [-0.2, -0.15) is 0 Å². The van der Waals surface area contributed by atoms with Crippen molar-refractivity contribution >= 4 is 40.7 Å². The van der Waals surface area contributed by atoms with Crippen molar-refractivity contribution in [1.82, 2.24) is 5.32 Å². The minimum absolute atomic E-state index is 0.0139. The summed E-state index contributed by atoms with van der Waals surface area (Å²) in [6.07, 6.45) is 3.86. The van der Waals surface area contributed by atoms with Gasteiger partial charge < -0.3 is 15.2 Å². The van der Waals surface area contributed by atoms with E-state index in [-0.39, 0.29) is 28.8 Å². The van der Waals surface area contributed by atoms with Crippen LogP contribution in [0.2, 0.25) is 10.0 Å². The minimum Gasteiger partial charge on any atom is -0.487 e. The van der Waals surface area contributed by atoms with Crippen molar-refractivity contribution in [2.24, 2.45) is 0 Å². The molecule has 180 valence electrons. The van der Waals surface area contributed by atoms with Gasteiger partial charge in [0.1, 0.15) is 12.4 Å². The van der Waals surface area contributed by atoms with Crippen molar-refractivity contribution in [2.45, 2.75) is 51.0 Å². The fourth-order valence-electron chi connectivity index (χ4n) is 5.14. The molecule has 0 amide bonds. The first-order valence-corrected chi connectivity index (χ1v) is 12.3. The molecule has 2 N–H and O–H groups in total. The summed E-state index contributed by atoms with van der Waals surface area (Å²) in [4.78, 5) is 37.5. The van der Waals surface area contributed by atoms with Gasteiger partial charge >= 0.3 is 5.97 Å². The van der Waals surface area contributed by atoms with E-state index in [2.05, 4.69) is 5.32 Å². The van der Waals surface area contributed by atoms with E-state index in [0.29, 0.717) is 40.3 Å². The number of hydrogen-bond acceptors (Lipinski definition) is 5. The van der Waals surface area contributed by atoms with E-state index in [9.17, 15) is 14.4 Å². The van der Waals surface area contributed by atoms with E-state index in [1.807, 2.05) is 0 Å². The van der Waals surface area contributed by atoms with Crippen LogP contribution in [0.4, 0.5) is 0 Å². The second kappa shape index (κ2) is 9.51. The van der Waals surface area contributed by atoms with Gasteiger partial charge in [0.2, 0.25) is 0 Å². The Morgan fingerprint density at radius 1 is 0.943 bits per heavy atom. The number of carbonyl (C=O) groups is 3. The number of benzene rings is 2. The molecule has 0 radical (unpaired) electrons. The summed E-state index contributed by atoms with van der Waals surface area (Å²) >= 11 is 13.0. The lowest BCUT2D eigenvalue weighted by atomic mass is 9.71. The van der Waals surface area contributed by atoms with Crippen molar-refractivity contribution in [1.29, 1.82) is 0 Å². The molecule has 5 rings (SSSR count). The van der Waals surface area contributed by atoms with Crippen molar-refractivity contribution in [3.05, 3.63) is 85.7 Å². The van der Waals surface area contributed by atoms with E-state index in [0.717, 1.165) is 42.6 Å². The fraction of sp³-hybridized carbons (Fsp3) is 0.296. The number of ether oxygens (including phenoxy) is 1. The Balaban J connectivity index is 1.59. The molecule has 1 aliphatic heterocycles. The maximum atomic E-state index is 13.2. The summed E-state index contributed by atoms with van der Waals surface area (Å²) < 4.78 is 6.17. The van der Waals surface area contributed by atoms with Gasteiger partial charge in [-0.05, 0) is 55.5 Å². The highest BCUT2D eigenvalue weighted by Gasteiger charge is 2.41. The van der Waals surface area contributed by atoms with Gasteiger partial charge in [-0.15, -0.1) is 0 Å². The number of carboxylic acid groups (broad SMARTS) is 1. The lowest BCUT2D eigenvalue weighted by molar-refractivity contribution is -0.117. The molecule has 0 saturated heterocycles. The number of hydrogen-bond donors (Lipinski definition) is 2. The van der Waals surface area contributed by atoms with Gasteiger partial charge in [-0.3, -0.25) is 9.59 Å². The zero-order valence-corrected chi connectivity index (χ0v) is 20.3. The van der Waals surface area contributed by atoms with Crippen LogP contribution < -0.4 is 10.1 Å². The lowest BCUT2D eigenvalue weighted by Gasteiger charge is -2.37. The van der Waals surface area contributed by atoms with E-state index >= 15 is 0 Å². The van der Waals surface area contributed by atoms with Crippen LogP contribution in [0.5, 0.6) is 5.75 Å². The van der Waals surface area contributed by atoms with E-state index < -0.39 is 11.9 Å². The highest BCUT2D eigenvalue weighted by molar-refractivity contribution is 6.35. The van der Waals surface area contributed by atoms with Gasteiger partial charge in [0.25, 0.3) is 0 Å². The normalized spacial score (nSPS) is 18.2. The maximum Gasteiger partial charge on any atom is 0.335 e. The molecule has 2 aliphatic carbocycles. The summed E-state index contributed by atoms with van der Waals surface area (Å²) in [7, 11) is 0. The molecule has 0 bridgehead atoms. The molecule has 0 aromatic heterocycles. The number of carbonyl (C=O) groups excluding carboxylic acids is 2. The lowest BCUT2D eigenvalue weighted by Crippen LogP contribution is -2.36. The first-order chi connectivity index (χ1) is 16.8. The highest BCUT2D eigenvalue weighted by atomic mass is 35.5. The summed E-state index contributed by atoms with van der Waals surface area (Å²) in [5.74, 6) is -1.21. The van der Waals surface area contributed by atoms with Crippen LogP contribution in [-0.2, 0) is 16.2 Å². The Morgan fingerprint density at radius 2 is 1.54 bits per heavy atom.